The predicted octanol–water partition coefficient (Wildman–Crippen LogP) is 4.79. The van der Waals surface area contributed by atoms with Crippen LogP contribution in [-0.2, 0) is 4.74 Å². The fourth-order valence-corrected chi connectivity index (χ4v) is 1.36. The average molecular weight is 263 g/mol. The van der Waals surface area contributed by atoms with E-state index in [0.717, 1.165) is 5.57 Å². The standard InChI is InChI=1S/C16H25NO2/c1-9-10-11-14(12(2)3)17(13(4)5)15(18)19-16(6,7)8/h9-11H,2,4H2,1,3,5-8H3/b10-9-,14-11+. The number of hydrogen-bond acceptors (Lipinski definition) is 2. The maximum absolute atomic E-state index is 12.2. The first-order chi connectivity index (χ1) is 8.60. The van der Waals surface area contributed by atoms with Crippen molar-refractivity contribution in [3.05, 3.63) is 48.4 Å². The smallest absolute Gasteiger partial charge is 0.419 e. The lowest BCUT2D eigenvalue weighted by Crippen LogP contribution is -2.35. The molecule has 0 fully saturated rings. The molecule has 0 aliphatic heterocycles. The highest BCUT2D eigenvalue weighted by molar-refractivity contribution is 5.74. The molecule has 0 aliphatic rings. The van der Waals surface area contributed by atoms with Crippen LogP contribution in [-0.4, -0.2) is 16.6 Å². The molecule has 0 aromatic heterocycles. The molecule has 0 spiro atoms. The molecule has 106 valence electrons. The van der Waals surface area contributed by atoms with E-state index < -0.39 is 11.7 Å². The molecule has 0 heterocycles. The first-order valence-corrected chi connectivity index (χ1v) is 6.27. The largest absolute Gasteiger partial charge is 0.443 e. The Hall–Kier alpha value is -1.77. The first-order valence-electron chi connectivity index (χ1n) is 6.27. The quantitative estimate of drug-likeness (QED) is 0.682. The van der Waals surface area contributed by atoms with Crippen LogP contribution in [0.3, 0.4) is 0 Å². The van der Waals surface area contributed by atoms with E-state index in [1.807, 2.05) is 52.8 Å². The molecule has 1 amide bonds. The van der Waals surface area contributed by atoms with Gasteiger partial charge in [0.15, 0.2) is 0 Å². The van der Waals surface area contributed by atoms with E-state index in [4.69, 9.17) is 4.74 Å². The van der Waals surface area contributed by atoms with Crippen LogP contribution in [0.25, 0.3) is 0 Å². The summed E-state index contributed by atoms with van der Waals surface area (Å²) in [6.07, 6.45) is 5.11. The molecule has 0 radical (unpaired) electrons. The van der Waals surface area contributed by atoms with Crippen molar-refractivity contribution in [2.45, 2.75) is 47.1 Å². The summed E-state index contributed by atoms with van der Waals surface area (Å²) in [4.78, 5) is 13.7. The Morgan fingerprint density at radius 1 is 1.21 bits per heavy atom. The van der Waals surface area contributed by atoms with Crippen LogP contribution < -0.4 is 0 Å². The van der Waals surface area contributed by atoms with Crippen LogP contribution in [0.2, 0.25) is 0 Å². The third-order valence-corrected chi connectivity index (χ3v) is 2.08. The van der Waals surface area contributed by atoms with Crippen molar-refractivity contribution in [2.75, 3.05) is 0 Å². The fraction of sp³-hybridized carbons (Fsp3) is 0.438. The topological polar surface area (TPSA) is 29.5 Å². The van der Waals surface area contributed by atoms with E-state index in [9.17, 15) is 4.79 Å². The molecular weight excluding hydrogens is 238 g/mol. The maximum atomic E-state index is 12.2. The highest BCUT2D eigenvalue weighted by Gasteiger charge is 2.25. The van der Waals surface area contributed by atoms with Crippen molar-refractivity contribution < 1.29 is 9.53 Å². The van der Waals surface area contributed by atoms with E-state index in [1.54, 1.807) is 6.92 Å². The van der Waals surface area contributed by atoms with Crippen LogP contribution in [0.1, 0.15) is 41.5 Å². The second kappa shape index (κ2) is 6.98. The number of ether oxygens (including phenoxy) is 1. The van der Waals surface area contributed by atoms with Crippen LogP contribution in [0.15, 0.2) is 48.4 Å². The molecule has 0 saturated carbocycles. The molecule has 0 atom stereocenters. The van der Waals surface area contributed by atoms with Gasteiger partial charge in [-0.1, -0.05) is 25.3 Å². The average Bonchev–Trinajstić information content (AvgIpc) is 2.19. The van der Waals surface area contributed by atoms with Gasteiger partial charge in [0.1, 0.15) is 5.60 Å². The van der Waals surface area contributed by atoms with Crippen molar-refractivity contribution in [1.82, 2.24) is 4.90 Å². The van der Waals surface area contributed by atoms with Gasteiger partial charge < -0.3 is 4.74 Å². The van der Waals surface area contributed by atoms with Crippen molar-refractivity contribution in [2.24, 2.45) is 0 Å². The Kier molecular flexibility index (Phi) is 6.33. The highest BCUT2D eigenvalue weighted by atomic mass is 16.6. The van der Waals surface area contributed by atoms with E-state index >= 15 is 0 Å². The Balaban J connectivity index is 5.46. The monoisotopic (exact) mass is 263 g/mol. The van der Waals surface area contributed by atoms with Gasteiger partial charge in [-0.15, -0.1) is 0 Å². The first kappa shape index (κ1) is 17.2. The number of allylic oxidation sites excluding steroid dienone is 5. The van der Waals surface area contributed by atoms with Crippen LogP contribution in [0.5, 0.6) is 0 Å². The number of rotatable bonds is 4. The van der Waals surface area contributed by atoms with Gasteiger partial charge in [0, 0.05) is 5.70 Å². The van der Waals surface area contributed by atoms with E-state index in [1.165, 1.54) is 4.90 Å². The molecule has 0 aromatic rings. The van der Waals surface area contributed by atoms with Gasteiger partial charge >= 0.3 is 6.09 Å². The maximum Gasteiger partial charge on any atom is 0.419 e. The zero-order valence-corrected chi connectivity index (χ0v) is 12.9. The molecule has 0 aliphatic carbocycles. The molecule has 3 heteroatoms. The predicted molar refractivity (Wildman–Crippen MR) is 80.6 cm³/mol. The fourth-order valence-electron chi connectivity index (χ4n) is 1.36. The van der Waals surface area contributed by atoms with Gasteiger partial charge in [-0.25, -0.2) is 4.79 Å². The second-order valence-electron chi connectivity index (χ2n) is 5.41. The lowest BCUT2D eigenvalue weighted by molar-refractivity contribution is 0.0370. The molecule has 0 N–H and O–H groups in total. The zero-order valence-electron chi connectivity index (χ0n) is 12.9. The zero-order chi connectivity index (χ0) is 15.2. The molecular formula is C16H25NO2. The Morgan fingerprint density at radius 3 is 2.05 bits per heavy atom. The van der Waals surface area contributed by atoms with Crippen LogP contribution in [0.4, 0.5) is 4.79 Å². The summed E-state index contributed by atoms with van der Waals surface area (Å²) in [5.41, 5.74) is 1.49. The van der Waals surface area contributed by atoms with Crippen molar-refractivity contribution >= 4 is 6.09 Å². The molecule has 0 rings (SSSR count). The summed E-state index contributed by atoms with van der Waals surface area (Å²) >= 11 is 0. The number of amides is 1. The minimum absolute atomic E-state index is 0.446. The van der Waals surface area contributed by atoms with Gasteiger partial charge in [0.25, 0.3) is 0 Å². The second-order valence-corrected chi connectivity index (χ2v) is 5.41. The third-order valence-electron chi connectivity index (χ3n) is 2.08. The van der Waals surface area contributed by atoms with Gasteiger partial charge in [-0.2, -0.15) is 0 Å². The molecule has 0 aromatic carbocycles. The third kappa shape index (κ3) is 6.09. The summed E-state index contributed by atoms with van der Waals surface area (Å²) in [5, 5.41) is 0. The highest BCUT2D eigenvalue weighted by Crippen LogP contribution is 2.22. The molecule has 19 heavy (non-hydrogen) atoms. The van der Waals surface area contributed by atoms with Crippen molar-refractivity contribution in [1.29, 1.82) is 0 Å². The van der Waals surface area contributed by atoms with Gasteiger partial charge in [-0.3, -0.25) is 4.90 Å². The van der Waals surface area contributed by atoms with Gasteiger partial charge in [0.05, 0.1) is 5.70 Å². The van der Waals surface area contributed by atoms with Crippen LogP contribution in [0, 0.1) is 0 Å². The Morgan fingerprint density at radius 2 is 1.74 bits per heavy atom. The summed E-state index contributed by atoms with van der Waals surface area (Å²) in [6.45, 7) is 18.7. The summed E-state index contributed by atoms with van der Waals surface area (Å²) < 4.78 is 5.39. The minimum atomic E-state index is -0.550. The number of carbonyl (C=O) groups excluding carboxylic acids is 1. The Labute approximate surface area is 116 Å². The van der Waals surface area contributed by atoms with Gasteiger partial charge in [0.2, 0.25) is 0 Å². The molecule has 0 saturated heterocycles. The summed E-state index contributed by atoms with van der Waals surface area (Å²) in [5.74, 6) is 0. The molecule has 0 bridgehead atoms. The summed E-state index contributed by atoms with van der Waals surface area (Å²) in [6, 6.07) is 0. The lowest BCUT2D eigenvalue weighted by Gasteiger charge is -2.29. The lowest BCUT2D eigenvalue weighted by atomic mass is 10.2. The summed E-state index contributed by atoms with van der Waals surface area (Å²) in [7, 11) is 0. The molecule has 0 unspecified atom stereocenters. The van der Waals surface area contributed by atoms with Gasteiger partial charge in [-0.05, 0) is 53.2 Å². The van der Waals surface area contributed by atoms with E-state index in [2.05, 4.69) is 13.2 Å². The van der Waals surface area contributed by atoms with Crippen LogP contribution >= 0.6 is 0 Å². The van der Waals surface area contributed by atoms with E-state index in [0.29, 0.717) is 11.4 Å². The minimum Gasteiger partial charge on any atom is -0.443 e. The number of nitrogens with zero attached hydrogens (tertiary/aromatic N) is 1. The van der Waals surface area contributed by atoms with Crippen molar-refractivity contribution in [3.63, 3.8) is 0 Å². The van der Waals surface area contributed by atoms with Crippen molar-refractivity contribution in [3.8, 4) is 0 Å². The number of carbonyl (C=O) groups is 1. The SMILES string of the molecule is C=C(C)/C(=C\C=C/C)N(C(=C)C)C(=O)OC(C)(C)C. The Bertz CT molecular complexity index is 423. The molecule has 3 nitrogen and oxygen atoms in total. The number of hydrogen-bond donors (Lipinski definition) is 0. The normalized spacial score (nSPS) is 12.4. The van der Waals surface area contributed by atoms with E-state index in [-0.39, 0.29) is 0 Å².